The summed E-state index contributed by atoms with van der Waals surface area (Å²) in [4.78, 5) is 13.9. The summed E-state index contributed by atoms with van der Waals surface area (Å²) in [5.74, 6) is 0.561. The highest BCUT2D eigenvalue weighted by Gasteiger charge is 2.55. The zero-order chi connectivity index (χ0) is 16.1. The Morgan fingerprint density at radius 3 is 1.84 bits per heavy atom. The van der Waals surface area contributed by atoms with Gasteiger partial charge in [0.05, 0.1) is 0 Å². The van der Waals surface area contributed by atoms with Crippen LogP contribution in [0.2, 0.25) is 0 Å². The first-order valence-electron chi connectivity index (χ1n) is 8.99. The molecule has 3 aromatic rings. The van der Waals surface area contributed by atoms with Crippen LogP contribution in [0.3, 0.4) is 0 Å². The molecule has 0 N–H and O–H groups in total. The van der Waals surface area contributed by atoms with Gasteiger partial charge in [-0.25, -0.2) is 0 Å². The highest BCUT2D eigenvalue weighted by atomic mass is 15.3. The van der Waals surface area contributed by atoms with Gasteiger partial charge in [-0.1, -0.05) is 6.07 Å². The first-order valence-corrected chi connectivity index (χ1v) is 8.99. The van der Waals surface area contributed by atoms with Gasteiger partial charge in [-0.2, -0.15) is 0 Å². The second-order valence-electron chi connectivity index (χ2n) is 7.53. The van der Waals surface area contributed by atoms with Gasteiger partial charge in [0.1, 0.15) is 0 Å². The Morgan fingerprint density at radius 2 is 1.28 bits per heavy atom. The van der Waals surface area contributed by atoms with E-state index in [2.05, 4.69) is 62.5 Å². The molecule has 0 amide bonds. The largest absolute Gasteiger partial charge is 0.337 e. The van der Waals surface area contributed by atoms with E-state index < -0.39 is 0 Å². The normalized spacial score (nSPS) is 26.3. The SMILES string of the molecule is c1cc2c3c(c1)N1c4ccncc4CC1C3C1Cc3cnccc3N21. The number of pyridine rings is 2. The lowest BCUT2D eigenvalue weighted by Gasteiger charge is -2.30. The second-order valence-corrected chi connectivity index (χ2v) is 7.53. The van der Waals surface area contributed by atoms with Crippen LogP contribution in [0.15, 0.2) is 55.1 Å². The number of rotatable bonds is 0. The molecule has 0 saturated carbocycles. The Hall–Kier alpha value is -2.88. The molecular weight excluding hydrogens is 308 g/mol. The molecule has 0 radical (unpaired) electrons. The summed E-state index contributed by atoms with van der Waals surface area (Å²) in [5, 5.41) is 0. The number of fused-ring (bicyclic) bond motifs is 10. The van der Waals surface area contributed by atoms with E-state index in [0.717, 1.165) is 12.8 Å². The molecule has 2 atom stereocenters. The molecule has 0 bridgehead atoms. The van der Waals surface area contributed by atoms with E-state index in [1.807, 2.05) is 12.4 Å². The number of nitrogens with zero attached hydrogens (tertiary/aromatic N) is 4. The van der Waals surface area contributed by atoms with E-state index in [9.17, 15) is 0 Å². The molecule has 0 aliphatic carbocycles. The van der Waals surface area contributed by atoms with Crippen molar-refractivity contribution in [3.05, 3.63) is 71.8 Å². The maximum Gasteiger partial charge on any atom is 0.0478 e. The van der Waals surface area contributed by atoms with E-state index in [0.29, 0.717) is 18.0 Å². The monoisotopic (exact) mass is 324 g/mol. The number of hydrogen-bond acceptors (Lipinski definition) is 4. The Bertz CT molecular complexity index is 980. The molecule has 4 aliphatic rings. The molecule has 0 fully saturated rings. The molecule has 2 unspecified atom stereocenters. The van der Waals surface area contributed by atoms with Gasteiger partial charge in [0.15, 0.2) is 0 Å². The van der Waals surface area contributed by atoms with Gasteiger partial charge in [0.2, 0.25) is 0 Å². The van der Waals surface area contributed by atoms with E-state index >= 15 is 0 Å². The van der Waals surface area contributed by atoms with Crippen molar-refractivity contribution in [2.45, 2.75) is 30.8 Å². The van der Waals surface area contributed by atoms with Crippen LogP contribution in [-0.2, 0) is 12.8 Å². The third kappa shape index (κ3) is 1.30. The van der Waals surface area contributed by atoms with Crippen LogP contribution >= 0.6 is 0 Å². The second kappa shape index (κ2) is 4.02. The van der Waals surface area contributed by atoms with E-state index in [4.69, 9.17) is 0 Å². The zero-order valence-electron chi connectivity index (χ0n) is 13.6. The van der Waals surface area contributed by atoms with Crippen LogP contribution in [0.25, 0.3) is 0 Å². The highest BCUT2D eigenvalue weighted by molar-refractivity contribution is 5.89. The van der Waals surface area contributed by atoms with Gasteiger partial charge in [-0.05, 0) is 48.2 Å². The predicted molar refractivity (Wildman–Crippen MR) is 96.9 cm³/mol. The van der Waals surface area contributed by atoms with Crippen molar-refractivity contribution < 1.29 is 0 Å². The standard InChI is InChI=1S/C21H16N4/c1-2-16-20-17(3-1)25-15-5-7-23-11-13(15)9-19(25)21(20)18-8-12-10-22-6-4-14(12)24(16)18/h1-7,10-11,18-19,21H,8-9H2. The van der Waals surface area contributed by atoms with Gasteiger partial charge in [-0.15, -0.1) is 0 Å². The Kier molecular flexibility index (Phi) is 2.01. The number of hydrogen-bond donors (Lipinski definition) is 0. The van der Waals surface area contributed by atoms with Gasteiger partial charge < -0.3 is 9.80 Å². The fourth-order valence-corrected chi connectivity index (χ4v) is 5.75. The van der Waals surface area contributed by atoms with Crippen LogP contribution in [0, 0.1) is 0 Å². The summed E-state index contributed by atoms with van der Waals surface area (Å²) in [6.07, 6.45) is 10.1. The lowest BCUT2D eigenvalue weighted by atomic mass is 9.87. The minimum atomic E-state index is 0.521. The topological polar surface area (TPSA) is 32.3 Å². The van der Waals surface area contributed by atoms with Crippen LogP contribution in [0.1, 0.15) is 22.6 Å². The smallest absolute Gasteiger partial charge is 0.0478 e. The fourth-order valence-electron chi connectivity index (χ4n) is 5.75. The van der Waals surface area contributed by atoms with Gasteiger partial charge in [0, 0.05) is 71.1 Å². The predicted octanol–water partition coefficient (Wildman–Crippen LogP) is 3.71. The quantitative estimate of drug-likeness (QED) is 0.631. The average molecular weight is 324 g/mol. The summed E-state index contributed by atoms with van der Waals surface area (Å²) >= 11 is 0. The lowest BCUT2D eigenvalue weighted by molar-refractivity contribution is 0.503. The van der Waals surface area contributed by atoms with Gasteiger partial charge in [0.25, 0.3) is 0 Å². The molecule has 0 spiro atoms. The molecular formula is C21H16N4. The Balaban J connectivity index is 1.48. The number of benzene rings is 1. The molecule has 120 valence electrons. The Morgan fingerprint density at radius 1 is 0.720 bits per heavy atom. The molecule has 4 heteroatoms. The minimum Gasteiger partial charge on any atom is -0.337 e. The van der Waals surface area contributed by atoms with Crippen molar-refractivity contribution in [1.82, 2.24) is 9.97 Å². The molecule has 1 aromatic carbocycles. The third-order valence-corrected chi connectivity index (χ3v) is 6.54. The summed E-state index contributed by atoms with van der Waals surface area (Å²) < 4.78 is 0. The summed E-state index contributed by atoms with van der Waals surface area (Å²) in [7, 11) is 0. The summed E-state index contributed by atoms with van der Waals surface area (Å²) in [6, 6.07) is 12.2. The van der Waals surface area contributed by atoms with Crippen molar-refractivity contribution in [3.8, 4) is 0 Å². The molecule has 4 aliphatic heterocycles. The van der Waals surface area contributed by atoms with Gasteiger partial charge >= 0.3 is 0 Å². The summed E-state index contributed by atoms with van der Waals surface area (Å²) in [5.41, 5.74) is 9.85. The van der Waals surface area contributed by atoms with Crippen LogP contribution < -0.4 is 9.80 Å². The molecule has 0 saturated heterocycles. The van der Waals surface area contributed by atoms with E-state index in [1.165, 1.54) is 33.9 Å². The zero-order valence-corrected chi connectivity index (χ0v) is 13.6. The summed E-state index contributed by atoms with van der Waals surface area (Å²) in [6.45, 7) is 0. The van der Waals surface area contributed by atoms with Gasteiger partial charge in [-0.3, -0.25) is 9.97 Å². The van der Waals surface area contributed by atoms with Crippen molar-refractivity contribution in [2.75, 3.05) is 9.80 Å². The van der Waals surface area contributed by atoms with Crippen LogP contribution in [0.4, 0.5) is 22.7 Å². The van der Waals surface area contributed by atoms with Crippen molar-refractivity contribution in [1.29, 1.82) is 0 Å². The maximum absolute atomic E-state index is 4.36. The first-order chi connectivity index (χ1) is 12.4. The first kappa shape index (κ1) is 12.5. The van der Waals surface area contributed by atoms with Crippen molar-refractivity contribution in [2.24, 2.45) is 0 Å². The molecule has 25 heavy (non-hydrogen) atoms. The van der Waals surface area contributed by atoms with Crippen molar-refractivity contribution in [3.63, 3.8) is 0 Å². The molecule has 4 nitrogen and oxygen atoms in total. The van der Waals surface area contributed by atoms with Crippen molar-refractivity contribution >= 4 is 22.7 Å². The minimum absolute atomic E-state index is 0.521. The van der Waals surface area contributed by atoms with E-state index in [-0.39, 0.29) is 0 Å². The fraction of sp³-hybridized carbons (Fsp3) is 0.238. The number of anilines is 4. The van der Waals surface area contributed by atoms with Crippen LogP contribution in [-0.4, -0.2) is 22.1 Å². The molecule has 2 aromatic heterocycles. The molecule has 7 rings (SSSR count). The average Bonchev–Trinajstić information content (AvgIpc) is 3.35. The highest BCUT2D eigenvalue weighted by Crippen LogP contribution is 2.62. The van der Waals surface area contributed by atoms with Crippen LogP contribution in [0.5, 0.6) is 0 Å². The number of aromatic nitrogens is 2. The Labute approximate surface area is 145 Å². The third-order valence-electron chi connectivity index (χ3n) is 6.54. The lowest BCUT2D eigenvalue weighted by Crippen LogP contribution is -2.37. The maximum atomic E-state index is 4.36. The molecule has 6 heterocycles. The van der Waals surface area contributed by atoms with E-state index in [1.54, 1.807) is 5.56 Å².